The lowest BCUT2D eigenvalue weighted by Crippen LogP contribution is -2.49. The molecule has 1 heterocycles. The van der Waals surface area contributed by atoms with Crippen molar-refractivity contribution in [2.45, 2.75) is 11.5 Å². The molecule has 8 nitrogen and oxygen atoms in total. The van der Waals surface area contributed by atoms with Crippen LogP contribution in [0.25, 0.3) is 10.9 Å². The van der Waals surface area contributed by atoms with E-state index >= 15 is 0 Å². The van der Waals surface area contributed by atoms with Crippen molar-refractivity contribution < 1.29 is 34.5 Å². The molecule has 1 atom stereocenters. The molecule has 0 fully saturated rings. The zero-order chi connectivity index (χ0) is 15.2. The topological polar surface area (TPSA) is 166 Å². The second-order valence-corrected chi connectivity index (χ2v) is 8.34. The number of fused-ring (bicyclic) bond motifs is 1. The van der Waals surface area contributed by atoms with E-state index in [0.717, 1.165) is 0 Å². The fraction of sp³-hybridized carbons (Fsp3) is 0.200. The second kappa shape index (κ2) is 4.96. The van der Waals surface area contributed by atoms with Crippen LogP contribution >= 0.6 is 15.9 Å². The van der Waals surface area contributed by atoms with Gasteiger partial charge in [-0.3, -0.25) is 4.89 Å². The number of nitrogens with one attached hydrogen (secondary N) is 1. The maximum absolute atomic E-state index is 11.3. The van der Waals surface area contributed by atoms with Crippen molar-refractivity contribution in [2.75, 3.05) is 0 Å². The number of rotatable bonds is 4. The van der Waals surface area contributed by atoms with Crippen molar-refractivity contribution in [1.29, 1.82) is 0 Å². The van der Waals surface area contributed by atoms with Gasteiger partial charge in [0.15, 0.2) is 0 Å². The lowest BCUT2D eigenvalue weighted by atomic mass is 10.1. The molecule has 0 saturated heterocycles. The van der Waals surface area contributed by atoms with E-state index in [1.54, 1.807) is 24.3 Å². The highest BCUT2D eigenvalue weighted by molar-refractivity contribution is 7.76. The first-order valence-electron chi connectivity index (χ1n) is 5.43. The minimum absolute atomic E-state index is 0.163. The summed E-state index contributed by atoms with van der Waals surface area (Å²) < 4.78 is 0. The summed E-state index contributed by atoms with van der Waals surface area (Å²) in [7, 11) is -11.2. The number of hydrogen-bond acceptors (Lipinski definition) is 7. The lowest BCUT2D eigenvalue weighted by Gasteiger charge is -2.43. The fourth-order valence-corrected chi connectivity index (χ4v) is 3.96. The van der Waals surface area contributed by atoms with Gasteiger partial charge in [0.1, 0.15) is 7.94 Å². The number of aromatic amines is 1. The smallest absolute Gasteiger partial charge is 0.344 e. The molecule has 0 amide bonds. The van der Waals surface area contributed by atoms with Gasteiger partial charge in [-0.25, -0.2) is 9.79 Å². The number of H-pyrrole nitrogens is 1. The zero-order valence-corrected chi connectivity index (χ0v) is 11.8. The maximum atomic E-state index is 11.3. The van der Waals surface area contributed by atoms with Crippen LogP contribution in [0.5, 0.6) is 0 Å². The summed E-state index contributed by atoms with van der Waals surface area (Å²) >= 11 is 0. The fourth-order valence-electron chi connectivity index (χ4n) is 1.90. The molecule has 110 valence electrons. The van der Waals surface area contributed by atoms with Crippen LogP contribution in [0.3, 0.4) is 0 Å². The molecule has 10 heteroatoms. The van der Waals surface area contributed by atoms with Crippen LogP contribution < -0.4 is 14.7 Å². The van der Waals surface area contributed by atoms with Crippen molar-refractivity contribution >= 4 is 26.8 Å². The molecule has 0 aliphatic heterocycles. The molecule has 5 N–H and O–H groups in total. The average molecular weight is 320 g/mol. The van der Waals surface area contributed by atoms with Gasteiger partial charge < -0.3 is 24.8 Å². The van der Waals surface area contributed by atoms with Gasteiger partial charge >= 0.3 is 13.0 Å². The molecule has 2 rings (SSSR count). The Kier molecular flexibility index (Phi) is 3.90. The quantitative estimate of drug-likeness (QED) is 0.404. The van der Waals surface area contributed by atoms with Crippen molar-refractivity contribution in [3.05, 3.63) is 36.0 Å². The Morgan fingerprint density at radius 3 is 2.25 bits per heavy atom. The SMILES string of the molecule is [O-][P+]([O-])(O)C(O)(Cc1c[nH]c2ccccc12)[P+]([O-])(O)O. The molecule has 0 spiro atoms. The summed E-state index contributed by atoms with van der Waals surface area (Å²) in [5.41, 5.74) is 0.769. The van der Waals surface area contributed by atoms with E-state index in [2.05, 4.69) is 4.98 Å². The highest BCUT2D eigenvalue weighted by Gasteiger charge is 2.62. The minimum atomic E-state index is -5.70. The van der Waals surface area contributed by atoms with Crippen LogP contribution in [0, 0.1) is 0 Å². The highest BCUT2D eigenvalue weighted by atomic mass is 31.3. The predicted octanol–water partition coefficient (Wildman–Crippen LogP) is -2.06. The molecule has 0 radical (unpaired) electrons. The molecular formula is C10H12NO7P2-. The minimum Gasteiger partial charge on any atom is -0.654 e. The highest BCUT2D eigenvalue weighted by Crippen LogP contribution is 2.70. The van der Waals surface area contributed by atoms with Gasteiger partial charge in [-0.15, -0.1) is 0 Å². The van der Waals surface area contributed by atoms with Gasteiger partial charge in [0.25, 0.3) is 0 Å². The summed E-state index contributed by atoms with van der Waals surface area (Å²) in [6, 6.07) is 6.62. The summed E-state index contributed by atoms with van der Waals surface area (Å²) in [6.07, 6.45) is 0.388. The lowest BCUT2D eigenvalue weighted by molar-refractivity contribution is -0.347. The molecule has 0 aliphatic rings. The molecule has 0 aliphatic carbocycles. The Morgan fingerprint density at radius 2 is 1.70 bits per heavy atom. The van der Waals surface area contributed by atoms with Gasteiger partial charge in [0.05, 0.1) is 6.42 Å². The van der Waals surface area contributed by atoms with Crippen molar-refractivity contribution in [2.24, 2.45) is 0 Å². The first kappa shape index (κ1) is 15.7. The Hall–Kier alpha value is -0.660. The number of aromatic nitrogens is 1. The molecule has 20 heavy (non-hydrogen) atoms. The molecule has 0 saturated carbocycles. The number of para-hydroxylation sites is 1. The molecule has 1 unspecified atom stereocenters. The van der Waals surface area contributed by atoms with Gasteiger partial charge in [0, 0.05) is 17.1 Å². The average Bonchev–Trinajstić information content (AvgIpc) is 2.70. The summed E-state index contributed by atoms with van der Waals surface area (Å²) in [5.74, 6) is 0. The molecule has 2 aromatic rings. The van der Waals surface area contributed by atoms with E-state index in [0.29, 0.717) is 10.9 Å². The van der Waals surface area contributed by atoms with Crippen LogP contribution in [0.4, 0.5) is 0 Å². The van der Waals surface area contributed by atoms with Crippen LogP contribution in [-0.2, 0) is 6.42 Å². The van der Waals surface area contributed by atoms with E-state index in [-0.39, 0.29) is 5.56 Å². The van der Waals surface area contributed by atoms with E-state index in [9.17, 15) is 19.8 Å². The summed E-state index contributed by atoms with van der Waals surface area (Å²) in [6.45, 7) is 0. The Labute approximate surface area is 114 Å². The van der Waals surface area contributed by atoms with Crippen molar-refractivity contribution in [3.8, 4) is 0 Å². The van der Waals surface area contributed by atoms with E-state index in [4.69, 9.17) is 14.7 Å². The second-order valence-electron chi connectivity index (χ2n) is 4.38. The van der Waals surface area contributed by atoms with E-state index in [1.807, 2.05) is 0 Å². The predicted molar refractivity (Wildman–Crippen MR) is 67.4 cm³/mol. The Bertz CT molecular complexity index is 602. The van der Waals surface area contributed by atoms with Gasteiger partial charge in [-0.05, 0) is 11.6 Å². The van der Waals surface area contributed by atoms with E-state index < -0.39 is 27.4 Å². The number of hydrogen-bond donors (Lipinski definition) is 5. The first-order chi connectivity index (χ1) is 9.06. The van der Waals surface area contributed by atoms with Crippen LogP contribution in [0.2, 0.25) is 0 Å². The van der Waals surface area contributed by atoms with Crippen molar-refractivity contribution in [3.63, 3.8) is 0 Å². The monoisotopic (exact) mass is 320 g/mol. The van der Waals surface area contributed by atoms with Gasteiger partial charge in [-0.1, -0.05) is 18.2 Å². The molecule has 1 aromatic heterocycles. The van der Waals surface area contributed by atoms with Crippen LogP contribution in [0.15, 0.2) is 30.5 Å². The number of benzene rings is 1. The van der Waals surface area contributed by atoms with Crippen LogP contribution in [0.1, 0.15) is 5.56 Å². The first-order valence-corrected chi connectivity index (χ1v) is 8.62. The van der Waals surface area contributed by atoms with Crippen LogP contribution in [-0.4, -0.2) is 29.9 Å². The normalized spacial score (nSPS) is 16.4. The Morgan fingerprint density at radius 1 is 1.10 bits per heavy atom. The summed E-state index contributed by atoms with van der Waals surface area (Å²) in [5, 5.41) is 6.76. The number of aliphatic hydroxyl groups is 1. The molecule has 1 aromatic carbocycles. The molecule has 0 bridgehead atoms. The van der Waals surface area contributed by atoms with Gasteiger partial charge in [-0.2, -0.15) is 0 Å². The third kappa shape index (κ3) is 2.58. The summed E-state index contributed by atoms with van der Waals surface area (Å²) in [4.78, 5) is 63.5. The standard InChI is InChI=1S/C10H13NO7P2/c12-10(19(13,14)15,20(16,17)18)5-7-6-11-9-4-2-1-3-8(7)9/h1-4,6,11-12H,5H2,(H2,13,14,15)(H2,16,17,18)/p-1. The Balaban J connectivity index is 2.49. The zero-order valence-electron chi connectivity index (χ0n) is 10.0. The third-order valence-electron chi connectivity index (χ3n) is 3.02. The van der Waals surface area contributed by atoms with Gasteiger partial charge in [0.2, 0.25) is 0 Å². The van der Waals surface area contributed by atoms with E-state index in [1.165, 1.54) is 6.20 Å². The maximum Gasteiger partial charge on any atom is 0.344 e. The third-order valence-corrected chi connectivity index (χ3v) is 6.72. The van der Waals surface area contributed by atoms with Crippen molar-refractivity contribution in [1.82, 2.24) is 4.98 Å². The molecular weight excluding hydrogens is 308 g/mol. The largest absolute Gasteiger partial charge is 0.654 e.